The van der Waals surface area contributed by atoms with Crippen molar-refractivity contribution in [1.82, 2.24) is 10.2 Å². The number of nitrogens with one attached hydrogen (secondary N) is 1. The van der Waals surface area contributed by atoms with Crippen LogP contribution in [0, 0.1) is 0 Å². The lowest BCUT2D eigenvalue weighted by Crippen LogP contribution is -2.40. The van der Waals surface area contributed by atoms with E-state index in [4.69, 9.17) is 0 Å². The summed E-state index contributed by atoms with van der Waals surface area (Å²) in [7, 11) is -1.11. The van der Waals surface area contributed by atoms with Gasteiger partial charge in [0, 0.05) is 38.9 Å². The van der Waals surface area contributed by atoms with Gasteiger partial charge in [0.05, 0.1) is 5.75 Å². The molecule has 1 N–H and O–H groups in total. The number of nitrogens with zero attached hydrogens (tertiary/aromatic N) is 2. The van der Waals surface area contributed by atoms with Crippen molar-refractivity contribution in [3.05, 3.63) is 35.9 Å². The number of sulfone groups is 1. The first-order chi connectivity index (χ1) is 10.5. The van der Waals surface area contributed by atoms with Crippen molar-refractivity contribution in [2.24, 2.45) is 4.99 Å². The Hall–Kier alpha value is -0.830. The van der Waals surface area contributed by atoms with Gasteiger partial charge in [0.2, 0.25) is 0 Å². The zero-order valence-electron chi connectivity index (χ0n) is 13.7. The molecule has 0 radical (unpaired) electrons. The van der Waals surface area contributed by atoms with E-state index in [1.807, 2.05) is 6.07 Å². The highest BCUT2D eigenvalue weighted by Crippen LogP contribution is 2.26. The number of aliphatic imine (C=N–C) groups is 1. The van der Waals surface area contributed by atoms with Crippen LogP contribution in [0.1, 0.15) is 24.3 Å². The van der Waals surface area contributed by atoms with Gasteiger partial charge in [0.25, 0.3) is 0 Å². The van der Waals surface area contributed by atoms with Gasteiger partial charge in [-0.1, -0.05) is 30.3 Å². The summed E-state index contributed by atoms with van der Waals surface area (Å²) in [6.45, 7) is 2.56. The van der Waals surface area contributed by atoms with Gasteiger partial charge in [-0.05, 0) is 18.4 Å². The van der Waals surface area contributed by atoms with Crippen LogP contribution >= 0.6 is 24.0 Å². The summed E-state index contributed by atoms with van der Waals surface area (Å²) >= 11 is 0. The molecule has 0 aliphatic carbocycles. The third-order valence-corrected chi connectivity index (χ3v) is 4.98. The number of halogens is 1. The predicted molar refractivity (Wildman–Crippen MR) is 106 cm³/mol. The van der Waals surface area contributed by atoms with Crippen LogP contribution in [0.2, 0.25) is 0 Å². The maximum atomic E-state index is 11.1. The quantitative estimate of drug-likeness (QED) is 0.323. The van der Waals surface area contributed by atoms with E-state index in [2.05, 4.69) is 39.5 Å². The highest BCUT2D eigenvalue weighted by atomic mass is 127. The van der Waals surface area contributed by atoms with E-state index in [1.165, 1.54) is 11.8 Å². The van der Waals surface area contributed by atoms with E-state index < -0.39 is 9.84 Å². The molecule has 1 atom stereocenters. The van der Waals surface area contributed by atoms with E-state index in [0.717, 1.165) is 25.5 Å². The van der Waals surface area contributed by atoms with Crippen LogP contribution in [-0.4, -0.2) is 58.0 Å². The molecule has 1 saturated heterocycles. The first kappa shape index (κ1) is 20.2. The fraction of sp³-hybridized carbons (Fsp3) is 0.562. The topological polar surface area (TPSA) is 61.8 Å². The van der Waals surface area contributed by atoms with Crippen molar-refractivity contribution in [2.45, 2.75) is 18.8 Å². The molecule has 0 amide bonds. The summed E-state index contributed by atoms with van der Waals surface area (Å²) in [5.74, 6) is 1.62. The zero-order valence-corrected chi connectivity index (χ0v) is 16.9. The first-order valence-electron chi connectivity index (χ1n) is 7.68. The Balaban J connectivity index is 0.00000264. The minimum absolute atomic E-state index is 0. The Morgan fingerprint density at radius 2 is 2.04 bits per heavy atom. The normalized spacial score (nSPS) is 18.6. The monoisotopic (exact) mass is 451 g/mol. The summed E-state index contributed by atoms with van der Waals surface area (Å²) in [5.41, 5.74) is 1.37. The van der Waals surface area contributed by atoms with Gasteiger partial charge in [0.15, 0.2) is 5.96 Å². The van der Waals surface area contributed by atoms with E-state index in [-0.39, 0.29) is 29.7 Å². The minimum Gasteiger partial charge on any atom is -0.356 e. The number of likely N-dealkylation sites (tertiary alicyclic amines) is 1. The molecule has 5 nitrogen and oxygen atoms in total. The molecular formula is C16H26IN3O2S. The van der Waals surface area contributed by atoms with Crippen LogP contribution in [0.3, 0.4) is 0 Å². The summed E-state index contributed by atoms with van der Waals surface area (Å²) in [6.07, 6.45) is 2.99. The third kappa shape index (κ3) is 6.66. The highest BCUT2D eigenvalue weighted by Gasteiger charge is 2.25. The summed E-state index contributed by atoms with van der Waals surface area (Å²) in [6, 6.07) is 10.6. The van der Waals surface area contributed by atoms with Crippen LogP contribution in [0.25, 0.3) is 0 Å². The molecule has 1 unspecified atom stereocenters. The molecule has 0 bridgehead atoms. The molecule has 1 heterocycles. The van der Waals surface area contributed by atoms with Gasteiger partial charge in [0.1, 0.15) is 9.84 Å². The van der Waals surface area contributed by atoms with E-state index in [9.17, 15) is 8.42 Å². The second-order valence-corrected chi connectivity index (χ2v) is 8.06. The molecule has 1 aliphatic rings. The standard InChI is InChI=1S/C16H25N3O2S.HI/c1-17-16(18-10-6-12-22(2,20)21)19-11-9-15(13-19)14-7-4-3-5-8-14;/h3-5,7-8,15H,6,9-13H2,1-2H3,(H,17,18);1H. The Kier molecular flexibility index (Phi) is 8.32. The first-order valence-corrected chi connectivity index (χ1v) is 9.74. The average Bonchev–Trinajstić information content (AvgIpc) is 2.97. The smallest absolute Gasteiger partial charge is 0.193 e. The fourth-order valence-corrected chi connectivity index (χ4v) is 3.49. The average molecular weight is 451 g/mol. The number of benzene rings is 1. The largest absolute Gasteiger partial charge is 0.356 e. The number of hydrogen-bond donors (Lipinski definition) is 1. The second-order valence-electron chi connectivity index (χ2n) is 5.80. The Morgan fingerprint density at radius 3 is 2.65 bits per heavy atom. The Morgan fingerprint density at radius 1 is 1.35 bits per heavy atom. The lowest BCUT2D eigenvalue weighted by atomic mass is 9.99. The van der Waals surface area contributed by atoms with Crippen molar-refractivity contribution in [2.75, 3.05) is 38.7 Å². The van der Waals surface area contributed by atoms with E-state index in [1.54, 1.807) is 7.05 Å². The molecule has 0 aromatic heterocycles. The minimum atomic E-state index is -2.89. The van der Waals surface area contributed by atoms with Gasteiger partial charge in [-0.3, -0.25) is 4.99 Å². The number of rotatable bonds is 5. The van der Waals surface area contributed by atoms with E-state index >= 15 is 0 Å². The lowest BCUT2D eigenvalue weighted by molar-refractivity contribution is 0.486. The molecule has 1 fully saturated rings. The van der Waals surface area contributed by atoms with Gasteiger partial charge < -0.3 is 10.2 Å². The van der Waals surface area contributed by atoms with Gasteiger partial charge >= 0.3 is 0 Å². The van der Waals surface area contributed by atoms with E-state index in [0.29, 0.717) is 18.9 Å². The van der Waals surface area contributed by atoms with Gasteiger partial charge in [-0.15, -0.1) is 24.0 Å². The van der Waals surface area contributed by atoms with Crippen molar-refractivity contribution in [1.29, 1.82) is 0 Å². The Bertz CT molecular complexity index is 605. The summed E-state index contributed by atoms with van der Waals surface area (Å²) in [5, 5.41) is 3.27. The molecule has 2 rings (SSSR count). The van der Waals surface area contributed by atoms with Gasteiger partial charge in [-0.25, -0.2) is 8.42 Å². The molecule has 7 heteroatoms. The van der Waals surface area contributed by atoms with Crippen LogP contribution < -0.4 is 5.32 Å². The van der Waals surface area contributed by atoms with Crippen molar-refractivity contribution < 1.29 is 8.42 Å². The lowest BCUT2D eigenvalue weighted by Gasteiger charge is -2.21. The fourth-order valence-electron chi connectivity index (χ4n) is 2.82. The second kappa shape index (κ2) is 9.46. The van der Waals surface area contributed by atoms with Gasteiger partial charge in [-0.2, -0.15) is 0 Å². The van der Waals surface area contributed by atoms with Crippen LogP contribution in [0.5, 0.6) is 0 Å². The molecule has 1 aromatic rings. The SMILES string of the molecule is CN=C(NCCCS(C)(=O)=O)N1CCC(c2ccccc2)C1.I. The van der Waals surface area contributed by atoms with Crippen LogP contribution in [0.15, 0.2) is 35.3 Å². The summed E-state index contributed by atoms with van der Waals surface area (Å²) < 4.78 is 22.3. The highest BCUT2D eigenvalue weighted by molar-refractivity contribution is 14.0. The molecule has 23 heavy (non-hydrogen) atoms. The maximum Gasteiger partial charge on any atom is 0.193 e. The summed E-state index contributed by atoms with van der Waals surface area (Å²) in [4.78, 5) is 6.56. The Labute approximate surface area is 156 Å². The maximum absolute atomic E-state index is 11.1. The molecule has 1 aliphatic heterocycles. The third-order valence-electron chi connectivity index (χ3n) is 3.95. The number of hydrogen-bond acceptors (Lipinski definition) is 3. The zero-order chi connectivity index (χ0) is 16.0. The number of guanidine groups is 1. The van der Waals surface area contributed by atoms with Crippen LogP contribution in [0.4, 0.5) is 0 Å². The molecule has 0 saturated carbocycles. The molecule has 1 aromatic carbocycles. The molecule has 0 spiro atoms. The van der Waals surface area contributed by atoms with Crippen LogP contribution in [-0.2, 0) is 9.84 Å². The van der Waals surface area contributed by atoms with Crippen molar-refractivity contribution in [3.8, 4) is 0 Å². The van der Waals surface area contributed by atoms with Crippen molar-refractivity contribution in [3.63, 3.8) is 0 Å². The molecule has 130 valence electrons. The molecular weight excluding hydrogens is 425 g/mol. The van der Waals surface area contributed by atoms with Crippen molar-refractivity contribution >= 4 is 39.8 Å². The predicted octanol–water partition coefficient (Wildman–Crippen LogP) is 2.10.